The number of benzene rings is 2. The van der Waals surface area contributed by atoms with Crippen LogP contribution in [0.25, 0.3) is 0 Å². The van der Waals surface area contributed by atoms with E-state index < -0.39 is 17.6 Å². The lowest BCUT2D eigenvalue weighted by Crippen LogP contribution is -2.55. The summed E-state index contributed by atoms with van der Waals surface area (Å²) in [6.07, 6.45) is 0. The van der Waals surface area contributed by atoms with Crippen molar-refractivity contribution in [3.05, 3.63) is 71.3 Å². The van der Waals surface area contributed by atoms with Crippen molar-refractivity contribution in [3.8, 4) is 0 Å². The Labute approximate surface area is 133 Å². The number of amides is 1. The number of carboxylic acid groups (broad SMARTS) is 1. The first-order chi connectivity index (χ1) is 11.2. The third kappa shape index (κ3) is 1.77. The average Bonchev–Trinajstić information content (AvgIpc) is 3.02. The molecule has 0 radical (unpaired) electrons. The molecule has 4 rings (SSSR count). The largest absolute Gasteiger partial charge is 0.481 e. The van der Waals surface area contributed by atoms with E-state index in [1.54, 1.807) is 29.2 Å². The minimum absolute atomic E-state index is 0.181. The van der Waals surface area contributed by atoms with Crippen LogP contribution in [-0.2, 0) is 15.3 Å². The molecule has 0 unspecified atom stereocenters. The van der Waals surface area contributed by atoms with Crippen LogP contribution in [0.3, 0.4) is 0 Å². The van der Waals surface area contributed by atoms with E-state index in [1.165, 1.54) is 0 Å². The average molecular weight is 309 g/mol. The maximum absolute atomic E-state index is 12.9. The number of hydrogen-bond donors (Lipinski definition) is 1. The first-order valence-electron chi connectivity index (χ1n) is 7.49. The van der Waals surface area contributed by atoms with E-state index in [2.05, 4.69) is 0 Å². The molecule has 0 bridgehead atoms. The molecular formula is C18H15NO4. The van der Waals surface area contributed by atoms with Crippen LogP contribution >= 0.6 is 0 Å². The molecule has 2 aliphatic heterocycles. The SMILES string of the molecule is O=C(O)[C@H]1c2ccccc2C(=O)N2CCO[C@@]12c1ccccc1. The van der Waals surface area contributed by atoms with E-state index in [4.69, 9.17) is 4.74 Å². The third-order valence-electron chi connectivity index (χ3n) is 4.61. The van der Waals surface area contributed by atoms with Gasteiger partial charge in [0.25, 0.3) is 5.91 Å². The number of rotatable bonds is 2. The van der Waals surface area contributed by atoms with Crippen molar-refractivity contribution in [3.63, 3.8) is 0 Å². The number of ether oxygens (including phenoxy) is 1. The van der Waals surface area contributed by atoms with Gasteiger partial charge in [0.05, 0.1) is 6.61 Å². The fourth-order valence-electron chi connectivity index (χ4n) is 3.71. The number of hydrogen-bond acceptors (Lipinski definition) is 3. The molecule has 116 valence electrons. The number of carboxylic acids is 1. The molecule has 1 N–H and O–H groups in total. The summed E-state index contributed by atoms with van der Waals surface area (Å²) in [5, 5.41) is 9.93. The fourth-order valence-corrected chi connectivity index (χ4v) is 3.71. The minimum Gasteiger partial charge on any atom is -0.481 e. The minimum atomic E-state index is -1.28. The van der Waals surface area contributed by atoms with Crippen molar-refractivity contribution in [1.82, 2.24) is 4.90 Å². The molecule has 1 fully saturated rings. The molecular weight excluding hydrogens is 294 g/mol. The van der Waals surface area contributed by atoms with Gasteiger partial charge < -0.3 is 14.7 Å². The molecule has 2 aliphatic rings. The molecule has 2 aromatic rings. The highest BCUT2D eigenvalue weighted by Gasteiger charge is 2.59. The molecule has 23 heavy (non-hydrogen) atoms. The van der Waals surface area contributed by atoms with Crippen molar-refractivity contribution in [2.45, 2.75) is 11.6 Å². The second-order valence-electron chi connectivity index (χ2n) is 5.73. The first-order valence-corrected chi connectivity index (χ1v) is 7.49. The zero-order valence-corrected chi connectivity index (χ0v) is 12.3. The maximum Gasteiger partial charge on any atom is 0.316 e. The molecule has 2 aromatic carbocycles. The van der Waals surface area contributed by atoms with Gasteiger partial charge in [-0.25, -0.2) is 0 Å². The summed E-state index contributed by atoms with van der Waals surface area (Å²) in [6, 6.07) is 16.0. The van der Waals surface area contributed by atoms with Crippen molar-refractivity contribution >= 4 is 11.9 Å². The van der Waals surface area contributed by atoms with E-state index in [-0.39, 0.29) is 5.91 Å². The van der Waals surface area contributed by atoms with Gasteiger partial charge >= 0.3 is 5.97 Å². The number of carbonyl (C=O) groups excluding carboxylic acids is 1. The summed E-state index contributed by atoms with van der Waals surface area (Å²) in [6.45, 7) is 0.699. The van der Waals surface area contributed by atoms with Crippen molar-refractivity contribution in [1.29, 1.82) is 0 Å². The Balaban J connectivity index is 2.03. The normalized spacial score (nSPS) is 25.8. The monoisotopic (exact) mass is 309 g/mol. The summed E-state index contributed by atoms with van der Waals surface area (Å²) in [4.78, 5) is 26.6. The van der Waals surface area contributed by atoms with Gasteiger partial charge in [-0.3, -0.25) is 9.59 Å². The summed E-state index contributed by atoms with van der Waals surface area (Å²) in [7, 11) is 0. The number of aliphatic carboxylic acids is 1. The first kappa shape index (κ1) is 14.0. The number of carbonyl (C=O) groups is 2. The second kappa shape index (κ2) is 4.93. The zero-order chi connectivity index (χ0) is 16.0. The molecule has 5 heteroatoms. The van der Waals surface area contributed by atoms with Gasteiger partial charge in [0.15, 0.2) is 5.72 Å². The van der Waals surface area contributed by atoms with Crippen LogP contribution in [0, 0.1) is 0 Å². The van der Waals surface area contributed by atoms with Gasteiger partial charge in [-0.15, -0.1) is 0 Å². The molecule has 2 atom stereocenters. The van der Waals surface area contributed by atoms with Gasteiger partial charge in [0.1, 0.15) is 5.92 Å². The van der Waals surface area contributed by atoms with E-state index in [0.717, 1.165) is 0 Å². The number of fused-ring (bicyclic) bond motifs is 2. The summed E-state index contributed by atoms with van der Waals surface area (Å²) >= 11 is 0. The Bertz CT molecular complexity index is 789. The van der Waals surface area contributed by atoms with Crippen LogP contribution in [0.5, 0.6) is 0 Å². The predicted octanol–water partition coefficient (Wildman–Crippen LogP) is 2.19. The molecule has 0 aromatic heterocycles. The molecule has 2 heterocycles. The van der Waals surface area contributed by atoms with Crippen molar-refractivity contribution < 1.29 is 19.4 Å². The highest BCUT2D eigenvalue weighted by Crippen LogP contribution is 2.50. The van der Waals surface area contributed by atoms with Crippen LogP contribution < -0.4 is 0 Å². The molecule has 0 spiro atoms. The summed E-state index contributed by atoms with van der Waals surface area (Å²) in [5.41, 5.74) is 0.357. The zero-order valence-electron chi connectivity index (χ0n) is 12.3. The van der Waals surface area contributed by atoms with Crippen LogP contribution in [-0.4, -0.2) is 35.0 Å². The van der Waals surface area contributed by atoms with E-state index in [0.29, 0.717) is 29.8 Å². The van der Waals surface area contributed by atoms with Crippen LogP contribution in [0.15, 0.2) is 54.6 Å². The Morgan fingerprint density at radius 3 is 2.57 bits per heavy atom. The van der Waals surface area contributed by atoms with Gasteiger partial charge in [-0.2, -0.15) is 0 Å². The Hall–Kier alpha value is -2.66. The highest BCUT2D eigenvalue weighted by molar-refractivity contribution is 6.01. The highest BCUT2D eigenvalue weighted by atomic mass is 16.5. The predicted molar refractivity (Wildman–Crippen MR) is 81.9 cm³/mol. The Morgan fingerprint density at radius 2 is 1.83 bits per heavy atom. The number of nitrogens with zero attached hydrogens (tertiary/aromatic N) is 1. The lowest BCUT2D eigenvalue weighted by molar-refractivity contribution is -0.158. The molecule has 0 aliphatic carbocycles. The quantitative estimate of drug-likeness (QED) is 0.923. The van der Waals surface area contributed by atoms with E-state index >= 15 is 0 Å². The standard InChI is InChI=1S/C18H15NO4/c20-16-14-9-5-4-8-13(14)15(17(21)22)18(19(16)10-11-23-18)12-6-2-1-3-7-12/h1-9,15H,10-11H2,(H,21,22)/t15-,18+/m1/s1. The summed E-state index contributed by atoms with van der Waals surface area (Å²) in [5.74, 6) is -2.14. The van der Waals surface area contributed by atoms with Gasteiger partial charge in [0.2, 0.25) is 0 Å². The van der Waals surface area contributed by atoms with Gasteiger partial charge in [-0.05, 0) is 11.6 Å². The smallest absolute Gasteiger partial charge is 0.316 e. The van der Waals surface area contributed by atoms with Crippen LogP contribution in [0.1, 0.15) is 27.4 Å². The van der Waals surface area contributed by atoms with Crippen molar-refractivity contribution in [2.75, 3.05) is 13.2 Å². The van der Waals surface area contributed by atoms with E-state index in [9.17, 15) is 14.7 Å². The van der Waals surface area contributed by atoms with Crippen LogP contribution in [0.2, 0.25) is 0 Å². The molecule has 5 nitrogen and oxygen atoms in total. The Kier molecular flexibility index (Phi) is 2.99. The van der Waals surface area contributed by atoms with Gasteiger partial charge in [-0.1, -0.05) is 48.5 Å². The van der Waals surface area contributed by atoms with Crippen molar-refractivity contribution in [2.24, 2.45) is 0 Å². The fraction of sp³-hybridized carbons (Fsp3) is 0.222. The van der Waals surface area contributed by atoms with Crippen LogP contribution in [0.4, 0.5) is 0 Å². The molecule has 0 saturated carbocycles. The second-order valence-corrected chi connectivity index (χ2v) is 5.73. The summed E-state index contributed by atoms with van der Waals surface area (Å²) < 4.78 is 5.96. The lowest BCUT2D eigenvalue weighted by atomic mass is 9.77. The maximum atomic E-state index is 12.9. The third-order valence-corrected chi connectivity index (χ3v) is 4.61. The Morgan fingerprint density at radius 1 is 1.13 bits per heavy atom. The topological polar surface area (TPSA) is 66.8 Å². The molecule has 1 amide bonds. The lowest BCUT2D eigenvalue weighted by Gasteiger charge is -2.45. The van der Waals surface area contributed by atoms with E-state index in [1.807, 2.05) is 30.3 Å². The van der Waals surface area contributed by atoms with Gasteiger partial charge in [0, 0.05) is 17.7 Å². The molecule has 1 saturated heterocycles.